The molecule has 1 saturated heterocycles. The number of anilines is 1. The Morgan fingerprint density at radius 2 is 1.86 bits per heavy atom. The molecule has 5 aromatic rings. The van der Waals surface area contributed by atoms with Gasteiger partial charge in [0.15, 0.2) is 11.4 Å². The first-order valence-corrected chi connectivity index (χ1v) is 17.1. The first-order valence-electron chi connectivity index (χ1n) is 18.1. The van der Waals surface area contributed by atoms with Crippen LogP contribution in [0.15, 0.2) is 66.9 Å². The molecule has 1 atom stereocenters. The molecule has 1 unspecified atom stereocenters. The van der Waals surface area contributed by atoms with Crippen LogP contribution in [-0.2, 0) is 21.4 Å². The van der Waals surface area contributed by atoms with Crippen molar-refractivity contribution in [2.24, 2.45) is 7.05 Å². The van der Waals surface area contributed by atoms with E-state index in [1.165, 1.54) is 16.9 Å². The fourth-order valence-corrected chi connectivity index (χ4v) is 6.45. The number of benzene rings is 2. The number of ether oxygens (including phenoxy) is 2. The quantitative estimate of drug-likeness (QED) is 0.210. The van der Waals surface area contributed by atoms with Crippen molar-refractivity contribution in [3.8, 4) is 28.5 Å². The second-order valence-corrected chi connectivity index (χ2v) is 13.2. The van der Waals surface area contributed by atoms with E-state index in [0.717, 1.165) is 39.0 Å². The maximum absolute atomic E-state index is 13.8. The topological polar surface area (TPSA) is 143 Å². The standard InChI is InChI=1S/C38H43N9O4/c1-24(2)51-33-13-10-29(21-39-33)35-31-20-30(11-12-32(31)42-43-35)41-37(49)38(50-5)16-19-46(23-38)22-34(48)47-17-14-27(15-18-47)26-6-8-28(9-7-26)36-40-25(3)45(4)44-36/h6-14,20-21,24H,15-19,22-23H2,1-5H3,(H,41,49)(H,42,43)/i22D2. The van der Waals surface area contributed by atoms with Crippen LogP contribution in [0.3, 0.4) is 0 Å². The molecule has 0 bridgehead atoms. The number of nitrogens with one attached hydrogen (secondary N) is 2. The molecule has 2 amide bonds. The molecule has 7 rings (SSSR count). The number of methoxy groups -OCH3 is 1. The van der Waals surface area contributed by atoms with Gasteiger partial charge in [-0.1, -0.05) is 30.3 Å². The van der Waals surface area contributed by atoms with Crippen molar-refractivity contribution < 1.29 is 21.8 Å². The zero-order valence-electron chi connectivity index (χ0n) is 31.4. The molecule has 3 aromatic heterocycles. The average Bonchev–Trinajstić information content (AvgIpc) is 3.89. The molecular formula is C38H43N9O4. The number of carbonyl (C=O) groups excluding carboxylic acids is 2. The molecule has 2 aliphatic heterocycles. The van der Waals surface area contributed by atoms with Gasteiger partial charge in [0.2, 0.25) is 11.8 Å². The fraction of sp³-hybridized carbons (Fsp3) is 0.368. The number of hydrogen-bond donors (Lipinski definition) is 2. The Hall–Kier alpha value is -5.40. The van der Waals surface area contributed by atoms with Crippen LogP contribution in [-0.4, -0.2) is 103 Å². The molecule has 51 heavy (non-hydrogen) atoms. The van der Waals surface area contributed by atoms with Crippen molar-refractivity contribution in [2.45, 2.75) is 45.3 Å². The summed E-state index contributed by atoms with van der Waals surface area (Å²) in [6.45, 7) is 4.18. The largest absolute Gasteiger partial charge is 0.475 e. The molecule has 13 heteroatoms. The van der Waals surface area contributed by atoms with Crippen LogP contribution in [0, 0.1) is 6.92 Å². The Bertz CT molecular complexity index is 2160. The number of rotatable bonds is 10. The lowest BCUT2D eigenvalue weighted by Crippen LogP contribution is -2.48. The van der Waals surface area contributed by atoms with Gasteiger partial charge in [0.25, 0.3) is 5.91 Å². The molecule has 2 aromatic carbocycles. The first kappa shape index (κ1) is 31.6. The number of H-pyrrole nitrogens is 1. The van der Waals surface area contributed by atoms with E-state index in [-0.39, 0.29) is 32.2 Å². The number of fused-ring (bicyclic) bond motifs is 1. The molecule has 13 nitrogen and oxygen atoms in total. The summed E-state index contributed by atoms with van der Waals surface area (Å²) in [7, 11) is 3.30. The minimum Gasteiger partial charge on any atom is -0.475 e. The predicted molar refractivity (Wildman–Crippen MR) is 195 cm³/mol. The lowest BCUT2D eigenvalue weighted by molar-refractivity contribution is -0.138. The summed E-state index contributed by atoms with van der Waals surface area (Å²) in [5, 5.41) is 15.7. The smallest absolute Gasteiger partial charge is 0.258 e. The second-order valence-electron chi connectivity index (χ2n) is 13.2. The molecule has 2 aliphatic rings. The summed E-state index contributed by atoms with van der Waals surface area (Å²) in [5.74, 6) is 0.970. The fourth-order valence-electron chi connectivity index (χ4n) is 6.45. The summed E-state index contributed by atoms with van der Waals surface area (Å²) in [5.41, 5.74) is 4.46. The number of aryl methyl sites for hydroxylation is 2. The average molecular weight is 692 g/mol. The van der Waals surface area contributed by atoms with Crippen LogP contribution in [0.25, 0.3) is 39.1 Å². The number of carbonyl (C=O) groups is 2. The van der Waals surface area contributed by atoms with Crippen LogP contribution < -0.4 is 10.1 Å². The van der Waals surface area contributed by atoms with Gasteiger partial charge < -0.3 is 19.7 Å². The Kier molecular flexibility index (Phi) is 8.72. The third-order valence-electron chi connectivity index (χ3n) is 9.47. The Labute approximate surface area is 299 Å². The molecular weight excluding hydrogens is 646 g/mol. The van der Waals surface area contributed by atoms with E-state index in [2.05, 4.69) is 30.6 Å². The normalized spacial score (nSPS) is 18.9. The number of nitrogens with zero attached hydrogens (tertiary/aromatic N) is 7. The van der Waals surface area contributed by atoms with Crippen LogP contribution in [0.2, 0.25) is 0 Å². The van der Waals surface area contributed by atoms with Crippen molar-refractivity contribution >= 4 is 34.0 Å². The third-order valence-corrected chi connectivity index (χ3v) is 9.47. The number of amides is 2. The molecule has 0 saturated carbocycles. The third kappa shape index (κ3) is 7.12. The summed E-state index contributed by atoms with van der Waals surface area (Å²) in [6.07, 6.45) is 4.48. The van der Waals surface area contributed by atoms with Crippen molar-refractivity contribution in [1.82, 2.24) is 39.7 Å². The number of aromatic amines is 1. The Balaban J connectivity index is 0.996. The van der Waals surface area contributed by atoms with E-state index < -0.39 is 23.9 Å². The first-order chi connectivity index (χ1) is 25.4. The lowest BCUT2D eigenvalue weighted by atomic mass is 9.98. The molecule has 0 spiro atoms. The van der Waals surface area contributed by atoms with E-state index in [1.807, 2.05) is 76.4 Å². The van der Waals surface area contributed by atoms with Crippen molar-refractivity contribution in [2.75, 3.05) is 45.1 Å². The van der Waals surface area contributed by atoms with Crippen LogP contribution >= 0.6 is 0 Å². The maximum Gasteiger partial charge on any atom is 0.258 e. The molecule has 264 valence electrons. The van der Waals surface area contributed by atoms with Crippen molar-refractivity contribution in [3.63, 3.8) is 0 Å². The van der Waals surface area contributed by atoms with E-state index in [1.54, 1.807) is 23.0 Å². The predicted octanol–water partition coefficient (Wildman–Crippen LogP) is 4.86. The molecule has 2 N–H and O–H groups in total. The summed E-state index contributed by atoms with van der Waals surface area (Å²) in [6, 6.07) is 17.1. The van der Waals surface area contributed by atoms with Gasteiger partial charge in [-0.05, 0) is 69.0 Å². The highest BCUT2D eigenvalue weighted by atomic mass is 16.5. The maximum atomic E-state index is 13.8. The molecule has 5 heterocycles. The van der Waals surface area contributed by atoms with E-state index in [9.17, 15) is 9.59 Å². The Morgan fingerprint density at radius 3 is 2.53 bits per heavy atom. The molecule has 1 fully saturated rings. The van der Waals surface area contributed by atoms with E-state index in [4.69, 9.17) is 12.2 Å². The van der Waals surface area contributed by atoms with Gasteiger partial charge in [-0.2, -0.15) is 10.2 Å². The molecule has 0 aliphatic carbocycles. The van der Waals surface area contributed by atoms with Gasteiger partial charge in [0.1, 0.15) is 11.5 Å². The van der Waals surface area contributed by atoms with Gasteiger partial charge in [-0.25, -0.2) is 9.97 Å². The lowest BCUT2D eigenvalue weighted by Gasteiger charge is -2.30. The van der Waals surface area contributed by atoms with Crippen LogP contribution in [0.1, 0.15) is 40.8 Å². The minimum atomic E-state index is -2.34. The van der Waals surface area contributed by atoms with Crippen LogP contribution in [0.5, 0.6) is 5.88 Å². The number of pyridine rings is 1. The number of likely N-dealkylation sites (tertiary alicyclic amines) is 1. The summed E-state index contributed by atoms with van der Waals surface area (Å²) in [4.78, 5) is 39.3. The second kappa shape index (κ2) is 14.1. The Morgan fingerprint density at radius 1 is 1.08 bits per heavy atom. The molecule has 0 radical (unpaired) electrons. The van der Waals surface area contributed by atoms with Crippen molar-refractivity contribution in [3.05, 3.63) is 78.3 Å². The van der Waals surface area contributed by atoms with Crippen LogP contribution in [0.4, 0.5) is 5.69 Å². The summed E-state index contributed by atoms with van der Waals surface area (Å²) >= 11 is 0. The van der Waals surface area contributed by atoms with Gasteiger partial charge in [0.05, 0.1) is 20.9 Å². The number of aromatic nitrogens is 6. The van der Waals surface area contributed by atoms with Gasteiger partial charge >= 0.3 is 0 Å². The van der Waals surface area contributed by atoms with Gasteiger partial charge in [-0.15, -0.1) is 0 Å². The minimum absolute atomic E-state index is 0.00465. The van der Waals surface area contributed by atoms with E-state index in [0.29, 0.717) is 36.1 Å². The highest BCUT2D eigenvalue weighted by molar-refractivity contribution is 6.01. The van der Waals surface area contributed by atoms with E-state index >= 15 is 0 Å². The SMILES string of the molecule is [2H]C([2H])(C(=O)N1CC=C(c2ccc(-c3nc(C)n(C)n3)cc2)CC1)N1CCC(OC)(C(=O)Nc2ccc3[nH]nc(-c4ccc(OC(C)C)nc4)c3c2)C1. The highest BCUT2D eigenvalue weighted by Crippen LogP contribution is 2.32. The summed E-state index contributed by atoms with van der Waals surface area (Å²) < 4.78 is 31.0. The zero-order valence-corrected chi connectivity index (χ0v) is 29.4. The van der Waals surface area contributed by atoms with Gasteiger partial charge in [0, 0.05) is 74.8 Å². The highest BCUT2D eigenvalue weighted by Gasteiger charge is 2.45. The van der Waals surface area contributed by atoms with Gasteiger partial charge in [-0.3, -0.25) is 24.3 Å². The monoisotopic (exact) mass is 691 g/mol. The number of hydrogen-bond acceptors (Lipinski definition) is 9. The zero-order chi connectivity index (χ0) is 37.5. The van der Waals surface area contributed by atoms with Crippen molar-refractivity contribution in [1.29, 1.82) is 0 Å².